The van der Waals surface area contributed by atoms with Gasteiger partial charge in [0, 0.05) is 5.39 Å². The van der Waals surface area contributed by atoms with Gasteiger partial charge in [0.1, 0.15) is 0 Å². The topological polar surface area (TPSA) is 68.0 Å². The molecule has 3 rings (SSSR count). The first-order valence-electron chi connectivity index (χ1n) is 8.13. The van der Waals surface area contributed by atoms with Crippen molar-refractivity contribution in [2.45, 2.75) is 44.6 Å². The molecule has 1 saturated carbocycles. The highest BCUT2D eigenvalue weighted by atomic mass is 35.5. The summed E-state index contributed by atoms with van der Waals surface area (Å²) in [5, 5.41) is 3.91. The second-order valence-corrected chi connectivity index (χ2v) is 6.25. The Bertz CT molecular complexity index is 656. The van der Waals surface area contributed by atoms with E-state index in [4.69, 9.17) is 5.73 Å². The molecule has 0 aliphatic heterocycles. The molecular weight excluding hydrogens is 310 g/mol. The molecule has 1 fully saturated rings. The number of benzene rings is 1. The maximum Gasteiger partial charge on any atom is 0.241 e. The second-order valence-electron chi connectivity index (χ2n) is 6.25. The fourth-order valence-electron chi connectivity index (χ4n) is 3.26. The number of fused-ring (bicyclic) bond motifs is 1. The summed E-state index contributed by atoms with van der Waals surface area (Å²) in [6.07, 6.45) is 8.75. The van der Waals surface area contributed by atoms with Gasteiger partial charge in [0.15, 0.2) is 0 Å². The molecule has 4 nitrogen and oxygen atoms in total. The minimum absolute atomic E-state index is 0. The number of para-hydroxylation sites is 1. The van der Waals surface area contributed by atoms with E-state index >= 15 is 0 Å². The number of hydrogen-bond acceptors (Lipinski definition) is 3. The van der Waals surface area contributed by atoms with Gasteiger partial charge in [-0.15, -0.1) is 12.4 Å². The van der Waals surface area contributed by atoms with E-state index in [1.54, 1.807) is 6.20 Å². The van der Waals surface area contributed by atoms with Crippen LogP contribution < -0.4 is 11.1 Å². The van der Waals surface area contributed by atoms with Gasteiger partial charge >= 0.3 is 0 Å². The molecule has 1 heterocycles. The molecule has 23 heavy (non-hydrogen) atoms. The number of carbonyl (C=O) groups excluding carboxylic acids is 1. The van der Waals surface area contributed by atoms with E-state index in [-0.39, 0.29) is 18.3 Å². The summed E-state index contributed by atoms with van der Waals surface area (Å²) in [5.74, 6) is 0.492. The van der Waals surface area contributed by atoms with Crippen molar-refractivity contribution in [1.29, 1.82) is 0 Å². The Balaban J connectivity index is 0.00000192. The molecule has 2 aromatic rings. The Kier molecular flexibility index (Phi) is 6.37. The number of aromatic nitrogens is 1. The van der Waals surface area contributed by atoms with Crippen molar-refractivity contribution in [2.24, 2.45) is 11.7 Å². The number of pyridine rings is 1. The van der Waals surface area contributed by atoms with Crippen LogP contribution in [0.1, 0.15) is 38.5 Å². The largest absolute Gasteiger partial charge is 0.323 e. The molecule has 1 atom stereocenters. The SMILES string of the molecule is Cl.NC(CC1CCCCC1)C(=O)Nc1cnc2ccccc2c1. The standard InChI is InChI=1S/C18H23N3O.ClH/c19-16(10-13-6-2-1-3-7-13)18(22)21-15-11-14-8-4-5-9-17(14)20-12-15;/h4-5,8-9,11-13,16H,1-3,6-7,10,19H2,(H,21,22);1H. The predicted molar refractivity (Wildman–Crippen MR) is 96.8 cm³/mol. The Hall–Kier alpha value is -1.65. The summed E-state index contributed by atoms with van der Waals surface area (Å²) in [5.41, 5.74) is 7.71. The van der Waals surface area contributed by atoms with Crippen LogP contribution in [0, 0.1) is 5.92 Å². The maximum atomic E-state index is 12.3. The minimum atomic E-state index is -0.436. The third-order valence-corrected chi connectivity index (χ3v) is 4.51. The normalized spacial score (nSPS) is 16.6. The van der Waals surface area contributed by atoms with E-state index in [0.717, 1.165) is 17.3 Å². The molecule has 124 valence electrons. The van der Waals surface area contributed by atoms with Gasteiger partial charge in [0.05, 0.1) is 23.4 Å². The predicted octanol–water partition coefficient (Wildman–Crippen LogP) is 3.89. The monoisotopic (exact) mass is 333 g/mol. The van der Waals surface area contributed by atoms with Crippen molar-refractivity contribution in [3.63, 3.8) is 0 Å². The van der Waals surface area contributed by atoms with E-state index in [9.17, 15) is 4.79 Å². The Morgan fingerprint density at radius 2 is 2.00 bits per heavy atom. The summed E-state index contributed by atoms with van der Waals surface area (Å²) >= 11 is 0. The molecule has 0 spiro atoms. The molecule has 1 amide bonds. The van der Waals surface area contributed by atoms with E-state index in [1.165, 1.54) is 32.1 Å². The number of nitrogens with zero attached hydrogens (tertiary/aromatic N) is 1. The van der Waals surface area contributed by atoms with Gasteiger partial charge < -0.3 is 11.1 Å². The van der Waals surface area contributed by atoms with Gasteiger partial charge in [-0.25, -0.2) is 0 Å². The van der Waals surface area contributed by atoms with Crippen LogP contribution in [-0.2, 0) is 4.79 Å². The zero-order valence-corrected chi connectivity index (χ0v) is 14.0. The molecular formula is C18H24ClN3O. The molecule has 3 N–H and O–H groups in total. The summed E-state index contributed by atoms with van der Waals surface area (Å²) < 4.78 is 0. The second kappa shape index (κ2) is 8.27. The van der Waals surface area contributed by atoms with E-state index < -0.39 is 6.04 Å². The Morgan fingerprint density at radius 3 is 2.78 bits per heavy atom. The van der Waals surface area contributed by atoms with Crippen LogP contribution in [0.5, 0.6) is 0 Å². The first-order chi connectivity index (χ1) is 10.7. The first-order valence-corrected chi connectivity index (χ1v) is 8.13. The summed E-state index contributed by atoms with van der Waals surface area (Å²) in [7, 11) is 0. The van der Waals surface area contributed by atoms with Crippen LogP contribution in [0.25, 0.3) is 10.9 Å². The number of nitrogens with two attached hydrogens (primary N) is 1. The van der Waals surface area contributed by atoms with E-state index in [1.807, 2.05) is 30.3 Å². The number of anilines is 1. The van der Waals surface area contributed by atoms with Gasteiger partial charge in [-0.1, -0.05) is 50.3 Å². The van der Waals surface area contributed by atoms with Gasteiger partial charge in [0.25, 0.3) is 0 Å². The Labute approximate surface area is 143 Å². The fraction of sp³-hybridized carbons (Fsp3) is 0.444. The zero-order valence-electron chi connectivity index (χ0n) is 13.2. The fourth-order valence-corrected chi connectivity index (χ4v) is 3.26. The van der Waals surface area contributed by atoms with Crippen molar-refractivity contribution in [2.75, 3.05) is 5.32 Å². The van der Waals surface area contributed by atoms with Crippen molar-refractivity contribution in [3.8, 4) is 0 Å². The number of carbonyl (C=O) groups is 1. The highest BCUT2D eigenvalue weighted by molar-refractivity contribution is 5.96. The quantitative estimate of drug-likeness (QED) is 0.891. The molecule has 0 bridgehead atoms. The number of rotatable bonds is 4. The number of halogens is 1. The van der Waals surface area contributed by atoms with Crippen LogP contribution in [0.15, 0.2) is 36.5 Å². The van der Waals surface area contributed by atoms with Crippen LogP contribution in [0.3, 0.4) is 0 Å². The number of nitrogens with one attached hydrogen (secondary N) is 1. The lowest BCUT2D eigenvalue weighted by Crippen LogP contribution is -2.37. The average molecular weight is 334 g/mol. The highest BCUT2D eigenvalue weighted by Crippen LogP contribution is 2.27. The van der Waals surface area contributed by atoms with Crippen LogP contribution in [-0.4, -0.2) is 16.9 Å². The lowest BCUT2D eigenvalue weighted by molar-refractivity contribution is -0.117. The Morgan fingerprint density at radius 1 is 1.26 bits per heavy atom. The molecule has 1 aromatic heterocycles. The lowest BCUT2D eigenvalue weighted by atomic mass is 9.85. The molecule has 1 aliphatic rings. The van der Waals surface area contributed by atoms with Gasteiger partial charge in [-0.3, -0.25) is 9.78 Å². The van der Waals surface area contributed by atoms with Crippen molar-refractivity contribution >= 4 is 34.9 Å². The smallest absolute Gasteiger partial charge is 0.241 e. The molecule has 1 aromatic carbocycles. The zero-order chi connectivity index (χ0) is 15.4. The summed E-state index contributed by atoms with van der Waals surface area (Å²) in [4.78, 5) is 16.6. The molecule has 5 heteroatoms. The third kappa shape index (κ3) is 4.66. The van der Waals surface area contributed by atoms with E-state index in [2.05, 4.69) is 10.3 Å². The van der Waals surface area contributed by atoms with Crippen molar-refractivity contribution in [1.82, 2.24) is 4.98 Å². The average Bonchev–Trinajstić information content (AvgIpc) is 2.55. The highest BCUT2D eigenvalue weighted by Gasteiger charge is 2.21. The van der Waals surface area contributed by atoms with Crippen molar-refractivity contribution < 1.29 is 4.79 Å². The minimum Gasteiger partial charge on any atom is -0.323 e. The number of amides is 1. The first kappa shape index (κ1) is 17.7. The van der Waals surface area contributed by atoms with Crippen LogP contribution >= 0.6 is 12.4 Å². The molecule has 0 saturated heterocycles. The number of hydrogen-bond donors (Lipinski definition) is 2. The van der Waals surface area contributed by atoms with Gasteiger partial charge in [-0.2, -0.15) is 0 Å². The van der Waals surface area contributed by atoms with Gasteiger partial charge in [0.2, 0.25) is 5.91 Å². The van der Waals surface area contributed by atoms with Gasteiger partial charge in [-0.05, 0) is 24.5 Å². The van der Waals surface area contributed by atoms with E-state index in [0.29, 0.717) is 11.6 Å². The molecule has 1 aliphatic carbocycles. The third-order valence-electron chi connectivity index (χ3n) is 4.51. The van der Waals surface area contributed by atoms with Crippen LogP contribution in [0.2, 0.25) is 0 Å². The maximum absolute atomic E-state index is 12.3. The summed E-state index contributed by atoms with van der Waals surface area (Å²) in [6.45, 7) is 0. The van der Waals surface area contributed by atoms with Crippen molar-refractivity contribution in [3.05, 3.63) is 36.5 Å². The van der Waals surface area contributed by atoms with Crippen LogP contribution in [0.4, 0.5) is 5.69 Å². The lowest BCUT2D eigenvalue weighted by Gasteiger charge is -2.24. The molecule has 0 radical (unpaired) electrons. The summed E-state index contributed by atoms with van der Waals surface area (Å²) in [6, 6.07) is 9.36. The molecule has 1 unspecified atom stereocenters.